The molecular weight excluding hydrogens is 244 g/mol. The normalized spacial score (nSPS) is 12.3. The molecule has 0 aliphatic heterocycles. The van der Waals surface area contributed by atoms with Gasteiger partial charge in [0.1, 0.15) is 10.8 Å². The lowest BCUT2D eigenvalue weighted by Gasteiger charge is -2.04. The molecule has 0 amide bonds. The lowest BCUT2D eigenvalue weighted by molar-refractivity contribution is 0.586. The number of nitrogens with zero attached hydrogens (tertiary/aromatic N) is 1. The van der Waals surface area contributed by atoms with Crippen molar-refractivity contribution in [3.05, 3.63) is 15.6 Å². The highest BCUT2D eigenvalue weighted by molar-refractivity contribution is 7.91. The SMILES string of the molecule is CCc1nc(CS(=O)(=O)C(C)C)sc1CN. The second-order valence-corrected chi connectivity index (χ2v) is 7.62. The van der Waals surface area contributed by atoms with Crippen LogP contribution < -0.4 is 5.73 Å². The Morgan fingerprint density at radius 3 is 2.44 bits per heavy atom. The van der Waals surface area contributed by atoms with Crippen LogP contribution in [0.4, 0.5) is 0 Å². The van der Waals surface area contributed by atoms with Gasteiger partial charge in [-0.3, -0.25) is 0 Å². The quantitative estimate of drug-likeness (QED) is 0.872. The van der Waals surface area contributed by atoms with E-state index in [1.165, 1.54) is 11.3 Å². The number of thiazole rings is 1. The summed E-state index contributed by atoms with van der Waals surface area (Å²) in [7, 11) is -3.06. The standard InChI is InChI=1S/C10H18N2O2S2/c1-4-8-9(5-11)15-10(12-8)6-16(13,14)7(2)3/h7H,4-6,11H2,1-3H3. The Hall–Kier alpha value is -0.460. The Morgan fingerprint density at radius 1 is 1.44 bits per heavy atom. The van der Waals surface area contributed by atoms with Crippen molar-refractivity contribution in [3.8, 4) is 0 Å². The number of hydrogen-bond acceptors (Lipinski definition) is 5. The van der Waals surface area contributed by atoms with Gasteiger partial charge in [0, 0.05) is 11.4 Å². The van der Waals surface area contributed by atoms with Gasteiger partial charge in [-0.05, 0) is 20.3 Å². The topological polar surface area (TPSA) is 73.0 Å². The molecule has 0 spiro atoms. The van der Waals surface area contributed by atoms with E-state index in [9.17, 15) is 8.42 Å². The first kappa shape index (κ1) is 13.6. The molecule has 0 saturated heterocycles. The number of hydrogen-bond donors (Lipinski definition) is 1. The van der Waals surface area contributed by atoms with Gasteiger partial charge in [0.05, 0.1) is 10.9 Å². The van der Waals surface area contributed by atoms with E-state index in [0.29, 0.717) is 11.6 Å². The van der Waals surface area contributed by atoms with E-state index in [1.54, 1.807) is 13.8 Å². The van der Waals surface area contributed by atoms with Gasteiger partial charge in [0.15, 0.2) is 9.84 Å². The minimum atomic E-state index is -3.06. The second kappa shape index (κ2) is 5.25. The van der Waals surface area contributed by atoms with Crippen molar-refractivity contribution in [3.63, 3.8) is 0 Å². The van der Waals surface area contributed by atoms with Crippen molar-refractivity contribution >= 4 is 21.2 Å². The molecule has 6 heteroatoms. The maximum absolute atomic E-state index is 11.7. The lowest BCUT2D eigenvalue weighted by atomic mass is 10.3. The molecule has 0 aliphatic carbocycles. The molecule has 0 aromatic carbocycles. The molecule has 0 saturated carbocycles. The minimum Gasteiger partial charge on any atom is -0.326 e. The fraction of sp³-hybridized carbons (Fsp3) is 0.700. The molecule has 16 heavy (non-hydrogen) atoms. The molecule has 0 unspecified atom stereocenters. The number of nitrogens with two attached hydrogens (primary N) is 1. The minimum absolute atomic E-state index is 0.0301. The van der Waals surface area contributed by atoms with Crippen LogP contribution in [0, 0.1) is 0 Å². The van der Waals surface area contributed by atoms with Gasteiger partial charge < -0.3 is 5.73 Å². The van der Waals surface area contributed by atoms with Crippen molar-refractivity contribution < 1.29 is 8.42 Å². The predicted molar refractivity (Wildman–Crippen MR) is 67.1 cm³/mol. The lowest BCUT2D eigenvalue weighted by Crippen LogP contribution is -2.15. The molecule has 2 N–H and O–H groups in total. The highest BCUT2D eigenvalue weighted by atomic mass is 32.2. The van der Waals surface area contributed by atoms with Crippen LogP contribution in [0.3, 0.4) is 0 Å². The van der Waals surface area contributed by atoms with Gasteiger partial charge in [-0.1, -0.05) is 6.92 Å². The van der Waals surface area contributed by atoms with Gasteiger partial charge in [-0.25, -0.2) is 13.4 Å². The molecule has 0 radical (unpaired) electrons. The number of sulfone groups is 1. The van der Waals surface area contributed by atoms with Crippen molar-refractivity contribution in [2.75, 3.05) is 0 Å². The fourth-order valence-electron chi connectivity index (χ4n) is 1.27. The highest BCUT2D eigenvalue weighted by Crippen LogP contribution is 2.21. The van der Waals surface area contributed by atoms with E-state index in [0.717, 1.165) is 17.0 Å². The van der Waals surface area contributed by atoms with Crippen LogP contribution in [0.1, 0.15) is 36.3 Å². The first-order valence-electron chi connectivity index (χ1n) is 5.29. The summed E-state index contributed by atoms with van der Waals surface area (Å²) in [5.74, 6) is 0.0301. The zero-order chi connectivity index (χ0) is 12.3. The van der Waals surface area contributed by atoms with Crippen LogP contribution >= 0.6 is 11.3 Å². The monoisotopic (exact) mass is 262 g/mol. The second-order valence-electron chi connectivity index (χ2n) is 3.89. The van der Waals surface area contributed by atoms with E-state index in [-0.39, 0.29) is 11.0 Å². The summed E-state index contributed by atoms with van der Waals surface area (Å²) in [6, 6.07) is 0. The Kier molecular flexibility index (Phi) is 4.46. The molecule has 0 bridgehead atoms. The van der Waals surface area contributed by atoms with E-state index < -0.39 is 9.84 Å². The maximum atomic E-state index is 11.7. The fourth-order valence-corrected chi connectivity index (χ4v) is 3.58. The first-order valence-corrected chi connectivity index (χ1v) is 7.83. The third-order valence-electron chi connectivity index (χ3n) is 2.39. The van der Waals surface area contributed by atoms with Crippen LogP contribution in [-0.2, 0) is 28.6 Å². The van der Waals surface area contributed by atoms with E-state index in [1.807, 2.05) is 6.92 Å². The van der Waals surface area contributed by atoms with Crippen molar-refractivity contribution in [1.29, 1.82) is 0 Å². The average Bonchev–Trinajstić information content (AvgIpc) is 2.59. The highest BCUT2D eigenvalue weighted by Gasteiger charge is 2.20. The summed E-state index contributed by atoms with van der Waals surface area (Å²) >= 11 is 1.41. The number of rotatable bonds is 5. The third-order valence-corrected chi connectivity index (χ3v) is 5.80. The number of aromatic nitrogens is 1. The van der Waals surface area contributed by atoms with Crippen LogP contribution in [0.25, 0.3) is 0 Å². The van der Waals surface area contributed by atoms with Gasteiger partial charge in [0.2, 0.25) is 0 Å². The summed E-state index contributed by atoms with van der Waals surface area (Å²) in [5.41, 5.74) is 6.52. The Morgan fingerprint density at radius 2 is 2.06 bits per heavy atom. The van der Waals surface area contributed by atoms with Gasteiger partial charge >= 0.3 is 0 Å². The molecule has 4 nitrogen and oxygen atoms in total. The smallest absolute Gasteiger partial charge is 0.159 e. The van der Waals surface area contributed by atoms with Crippen molar-refractivity contribution in [2.24, 2.45) is 5.73 Å². The summed E-state index contributed by atoms with van der Waals surface area (Å²) < 4.78 is 23.5. The van der Waals surface area contributed by atoms with Crippen LogP contribution in [0.15, 0.2) is 0 Å². The summed E-state index contributed by atoms with van der Waals surface area (Å²) in [6.45, 7) is 5.80. The van der Waals surface area contributed by atoms with Crippen LogP contribution in [0.2, 0.25) is 0 Å². The van der Waals surface area contributed by atoms with Crippen molar-refractivity contribution in [2.45, 2.75) is 44.7 Å². The summed E-state index contributed by atoms with van der Waals surface area (Å²) in [6.07, 6.45) is 0.796. The van der Waals surface area contributed by atoms with Gasteiger partial charge in [-0.15, -0.1) is 11.3 Å². The molecular formula is C10H18N2O2S2. The van der Waals surface area contributed by atoms with Gasteiger partial charge in [0.25, 0.3) is 0 Å². The van der Waals surface area contributed by atoms with Crippen LogP contribution in [-0.4, -0.2) is 18.7 Å². The van der Waals surface area contributed by atoms with E-state index >= 15 is 0 Å². The molecule has 92 valence electrons. The predicted octanol–water partition coefficient (Wildman–Crippen LogP) is 1.49. The van der Waals surface area contributed by atoms with E-state index in [4.69, 9.17) is 5.73 Å². The zero-order valence-corrected chi connectivity index (χ0v) is 11.5. The van der Waals surface area contributed by atoms with Gasteiger partial charge in [-0.2, -0.15) is 0 Å². The average molecular weight is 262 g/mol. The van der Waals surface area contributed by atoms with Crippen molar-refractivity contribution in [1.82, 2.24) is 4.98 Å². The molecule has 0 atom stereocenters. The molecule has 1 heterocycles. The van der Waals surface area contributed by atoms with Crippen LogP contribution in [0.5, 0.6) is 0 Å². The Bertz CT molecular complexity index is 428. The first-order chi connectivity index (χ1) is 7.40. The molecule has 1 aromatic rings. The Labute approximate surface area is 101 Å². The molecule has 0 fully saturated rings. The number of aryl methyl sites for hydroxylation is 1. The molecule has 0 aliphatic rings. The zero-order valence-electron chi connectivity index (χ0n) is 9.86. The van der Waals surface area contributed by atoms with E-state index in [2.05, 4.69) is 4.98 Å². The summed E-state index contributed by atoms with van der Waals surface area (Å²) in [5, 5.41) is 0.300. The molecule has 1 rings (SSSR count). The molecule has 1 aromatic heterocycles. The largest absolute Gasteiger partial charge is 0.326 e. The maximum Gasteiger partial charge on any atom is 0.159 e. The summed E-state index contributed by atoms with van der Waals surface area (Å²) in [4.78, 5) is 5.32. The third kappa shape index (κ3) is 3.02. The Balaban J connectivity index is 2.95.